The van der Waals surface area contributed by atoms with E-state index in [9.17, 15) is 18.0 Å². The molecular formula is C13H8F3N7O. The first-order valence-corrected chi connectivity index (χ1v) is 6.69. The molecule has 4 aromatic rings. The Kier molecular flexibility index (Phi) is 2.77. The molecule has 0 fully saturated rings. The number of nitrogens with zero attached hydrogens (tertiary/aromatic N) is 5. The maximum Gasteiger partial charge on any atom is 0.435 e. The lowest BCUT2D eigenvalue weighted by Crippen LogP contribution is -2.10. The fourth-order valence-corrected chi connectivity index (χ4v) is 2.43. The van der Waals surface area contributed by atoms with E-state index in [4.69, 9.17) is 0 Å². The molecule has 11 heteroatoms. The van der Waals surface area contributed by atoms with E-state index in [-0.39, 0.29) is 22.6 Å². The Balaban J connectivity index is 2.00. The monoisotopic (exact) mass is 335 g/mol. The maximum absolute atomic E-state index is 12.8. The van der Waals surface area contributed by atoms with Gasteiger partial charge in [0.15, 0.2) is 17.2 Å². The number of aromatic amines is 2. The van der Waals surface area contributed by atoms with Gasteiger partial charge in [-0.3, -0.25) is 9.48 Å². The van der Waals surface area contributed by atoms with E-state index in [1.807, 2.05) is 0 Å². The summed E-state index contributed by atoms with van der Waals surface area (Å²) < 4.78 is 39.4. The molecule has 0 amide bonds. The van der Waals surface area contributed by atoms with E-state index >= 15 is 0 Å². The van der Waals surface area contributed by atoms with Gasteiger partial charge in [0.25, 0.3) is 5.56 Å². The lowest BCUT2D eigenvalue weighted by Gasteiger charge is -2.00. The van der Waals surface area contributed by atoms with Gasteiger partial charge >= 0.3 is 6.18 Å². The highest BCUT2D eigenvalue weighted by Crippen LogP contribution is 2.30. The Bertz CT molecular complexity index is 1140. The molecule has 122 valence electrons. The van der Waals surface area contributed by atoms with E-state index in [0.717, 1.165) is 10.7 Å². The molecule has 0 bridgehead atoms. The van der Waals surface area contributed by atoms with Crippen molar-refractivity contribution in [2.45, 2.75) is 6.18 Å². The van der Waals surface area contributed by atoms with Crippen molar-refractivity contribution in [2.75, 3.05) is 0 Å². The highest BCUT2D eigenvalue weighted by Gasteiger charge is 2.35. The first kappa shape index (κ1) is 14.4. The summed E-state index contributed by atoms with van der Waals surface area (Å²) in [5, 5.41) is 3.41. The molecule has 0 spiro atoms. The Morgan fingerprint density at radius 3 is 2.58 bits per heavy atom. The molecular weight excluding hydrogens is 327 g/mol. The third-order valence-electron chi connectivity index (χ3n) is 3.50. The number of aryl methyl sites for hydroxylation is 1. The summed E-state index contributed by atoms with van der Waals surface area (Å²) in [6.07, 6.45) is -1.71. The van der Waals surface area contributed by atoms with Crippen molar-refractivity contribution in [1.29, 1.82) is 0 Å². The van der Waals surface area contributed by atoms with Gasteiger partial charge in [0.2, 0.25) is 0 Å². The van der Waals surface area contributed by atoms with E-state index in [1.54, 1.807) is 0 Å². The fourth-order valence-electron chi connectivity index (χ4n) is 2.43. The molecule has 0 aliphatic heterocycles. The molecule has 4 aromatic heterocycles. The zero-order valence-corrected chi connectivity index (χ0v) is 12.0. The maximum atomic E-state index is 12.8. The molecule has 24 heavy (non-hydrogen) atoms. The van der Waals surface area contributed by atoms with Crippen molar-refractivity contribution in [3.05, 3.63) is 34.5 Å². The van der Waals surface area contributed by atoms with Crippen LogP contribution < -0.4 is 5.56 Å². The smallest absolute Gasteiger partial charge is 0.332 e. The van der Waals surface area contributed by atoms with Crippen LogP contribution in [0.1, 0.15) is 5.69 Å². The predicted octanol–water partition coefficient (Wildman–Crippen LogP) is 1.61. The van der Waals surface area contributed by atoms with Crippen molar-refractivity contribution in [3.63, 3.8) is 0 Å². The number of H-pyrrole nitrogens is 2. The number of rotatable bonds is 1. The number of hydrogen-bond donors (Lipinski definition) is 2. The Morgan fingerprint density at radius 2 is 1.88 bits per heavy atom. The van der Waals surface area contributed by atoms with E-state index in [1.165, 1.54) is 19.4 Å². The molecule has 4 rings (SSSR count). The quantitative estimate of drug-likeness (QED) is 0.550. The second-order valence-corrected chi connectivity index (χ2v) is 5.05. The second-order valence-electron chi connectivity index (χ2n) is 5.05. The Hall–Kier alpha value is -3.24. The van der Waals surface area contributed by atoms with Gasteiger partial charge in [0.05, 0.1) is 0 Å². The van der Waals surface area contributed by atoms with Crippen LogP contribution >= 0.6 is 0 Å². The SMILES string of the molecule is Cn1nc(C(F)(F)F)cc1-c1nc2c([nH]c3nccnc32)c(=O)[nH]1. The van der Waals surface area contributed by atoms with E-state index in [2.05, 4.69) is 30.0 Å². The van der Waals surface area contributed by atoms with Gasteiger partial charge in [-0.25, -0.2) is 15.0 Å². The average Bonchev–Trinajstić information content (AvgIpc) is 3.08. The largest absolute Gasteiger partial charge is 0.435 e. The minimum Gasteiger partial charge on any atom is -0.332 e. The lowest BCUT2D eigenvalue weighted by molar-refractivity contribution is -0.141. The second kappa shape index (κ2) is 4.63. The molecule has 0 unspecified atom stereocenters. The van der Waals surface area contributed by atoms with Crippen LogP contribution in [0.3, 0.4) is 0 Å². The molecule has 0 aromatic carbocycles. The Labute approximate surface area is 130 Å². The zero-order chi connectivity index (χ0) is 17.1. The summed E-state index contributed by atoms with van der Waals surface area (Å²) >= 11 is 0. The molecule has 0 saturated heterocycles. The highest BCUT2D eigenvalue weighted by atomic mass is 19.4. The van der Waals surface area contributed by atoms with Crippen LogP contribution in [0.4, 0.5) is 13.2 Å². The Morgan fingerprint density at radius 1 is 1.12 bits per heavy atom. The fraction of sp³-hybridized carbons (Fsp3) is 0.154. The first-order valence-electron chi connectivity index (χ1n) is 6.69. The van der Waals surface area contributed by atoms with Crippen LogP contribution in [0.5, 0.6) is 0 Å². The third-order valence-corrected chi connectivity index (χ3v) is 3.50. The molecule has 4 heterocycles. The summed E-state index contributed by atoms with van der Waals surface area (Å²) in [5.41, 5.74) is -0.475. The molecule has 0 aliphatic carbocycles. The summed E-state index contributed by atoms with van der Waals surface area (Å²) in [6.45, 7) is 0. The number of halogens is 3. The number of fused-ring (bicyclic) bond motifs is 3. The van der Waals surface area contributed by atoms with Crippen molar-refractivity contribution in [1.82, 2.24) is 34.7 Å². The van der Waals surface area contributed by atoms with Gasteiger partial charge in [-0.2, -0.15) is 18.3 Å². The lowest BCUT2D eigenvalue weighted by atomic mass is 10.3. The number of hydrogen-bond acceptors (Lipinski definition) is 5. The van der Waals surface area contributed by atoms with Crippen LogP contribution in [0.15, 0.2) is 23.3 Å². The standard InChI is InChI=1S/C13H8F3N7O/c1-23-5(4-6(22-23)13(14,15)16)10-19-7-8-11(18-3-2-17-8)20-9(7)12(24)21-10/h2-4H,1H3,(H,18,20)(H,19,21,24). The van der Waals surface area contributed by atoms with Crippen LogP contribution in [0, 0.1) is 0 Å². The summed E-state index contributed by atoms with van der Waals surface area (Å²) in [7, 11) is 1.34. The van der Waals surface area contributed by atoms with Crippen LogP contribution in [-0.2, 0) is 13.2 Å². The van der Waals surface area contributed by atoms with Crippen molar-refractivity contribution in [3.8, 4) is 11.5 Å². The predicted molar refractivity (Wildman–Crippen MR) is 77.0 cm³/mol. The summed E-state index contributed by atoms with van der Waals surface area (Å²) in [6, 6.07) is 0.824. The van der Waals surface area contributed by atoms with Gasteiger partial charge < -0.3 is 9.97 Å². The molecule has 0 saturated carbocycles. The first-order chi connectivity index (χ1) is 11.3. The molecule has 0 aliphatic rings. The van der Waals surface area contributed by atoms with Gasteiger partial charge in [0, 0.05) is 19.4 Å². The number of nitrogens with one attached hydrogen (secondary N) is 2. The minimum atomic E-state index is -4.59. The van der Waals surface area contributed by atoms with E-state index < -0.39 is 17.4 Å². The molecule has 8 nitrogen and oxygen atoms in total. The van der Waals surface area contributed by atoms with Gasteiger partial charge in [-0.1, -0.05) is 0 Å². The number of alkyl halides is 3. The van der Waals surface area contributed by atoms with Crippen LogP contribution in [0.25, 0.3) is 33.7 Å². The summed E-state index contributed by atoms with van der Waals surface area (Å²) in [5.74, 6) is -0.0375. The summed E-state index contributed by atoms with van der Waals surface area (Å²) in [4.78, 5) is 29.8. The minimum absolute atomic E-state index is 0.0274. The third kappa shape index (κ3) is 2.05. The van der Waals surface area contributed by atoms with Gasteiger partial charge in [-0.15, -0.1) is 0 Å². The highest BCUT2D eigenvalue weighted by molar-refractivity contribution is 6.00. The van der Waals surface area contributed by atoms with Crippen molar-refractivity contribution >= 4 is 22.2 Å². The van der Waals surface area contributed by atoms with Crippen molar-refractivity contribution in [2.24, 2.45) is 7.05 Å². The van der Waals surface area contributed by atoms with Crippen LogP contribution in [0.2, 0.25) is 0 Å². The molecule has 0 radical (unpaired) electrons. The van der Waals surface area contributed by atoms with Crippen molar-refractivity contribution < 1.29 is 13.2 Å². The number of aromatic nitrogens is 7. The molecule has 2 N–H and O–H groups in total. The topological polar surface area (TPSA) is 105 Å². The molecule has 0 atom stereocenters. The van der Waals surface area contributed by atoms with Crippen LogP contribution in [-0.4, -0.2) is 34.7 Å². The van der Waals surface area contributed by atoms with Gasteiger partial charge in [-0.05, 0) is 6.07 Å². The van der Waals surface area contributed by atoms with Gasteiger partial charge in [0.1, 0.15) is 22.2 Å². The van der Waals surface area contributed by atoms with E-state index in [0.29, 0.717) is 11.2 Å². The average molecular weight is 335 g/mol. The zero-order valence-electron chi connectivity index (χ0n) is 12.0. The normalized spacial score (nSPS) is 12.3.